The summed E-state index contributed by atoms with van der Waals surface area (Å²) in [5.41, 5.74) is 6.88. The van der Waals surface area contributed by atoms with E-state index in [1.807, 2.05) is 0 Å². The molecule has 2 unspecified atom stereocenters. The molecule has 0 bridgehead atoms. The molecule has 0 saturated carbocycles. The summed E-state index contributed by atoms with van der Waals surface area (Å²) in [5.74, 6) is 0. The van der Waals surface area contributed by atoms with Gasteiger partial charge < -0.3 is 10.5 Å². The predicted octanol–water partition coefficient (Wildman–Crippen LogP) is 3.08. The zero-order chi connectivity index (χ0) is 12.9. The molecule has 4 heteroatoms. The highest BCUT2D eigenvalue weighted by Gasteiger charge is 2.27. The molecule has 1 rings (SSSR count). The summed E-state index contributed by atoms with van der Waals surface area (Å²) in [5, 5.41) is 3.17. The van der Waals surface area contributed by atoms with Gasteiger partial charge in [0.1, 0.15) is 10.6 Å². The van der Waals surface area contributed by atoms with Crippen LogP contribution in [0.1, 0.15) is 50.7 Å². The summed E-state index contributed by atoms with van der Waals surface area (Å²) in [6.45, 7) is 6.36. The first-order chi connectivity index (χ1) is 8.05. The van der Waals surface area contributed by atoms with Crippen LogP contribution in [0.3, 0.4) is 0 Å². The van der Waals surface area contributed by atoms with Crippen molar-refractivity contribution in [1.82, 2.24) is 4.98 Å². The Morgan fingerprint density at radius 2 is 2.24 bits per heavy atom. The molecule has 3 nitrogen and oxygen atoms in total. The highest BCUT2D eigenvalue weighted by atomic mass is 32.1. The average molecular weight is 256 g/mol. The van der Waals surface area contributed by atoms with Crippen LogP contribution in [0, 0.1) is 0 Å². The fourth-order valence-electron chi connectivity index (χ4n) is 1.77. The lowest BCUT2D eigenvalue weighted by atomic mass is 10.0. The monoisotopic (exact) mass is 256 g/mol. The van der Waals surface area contributed by atoms with Crippen molar-refractivity contribution in [3.8, 4) is 0 Å². The molecule has 0 saturated heterocycles. The summed E-state index contributed by atoms with van der Waals surface area (Å²) in [6.07, 6.45) is 3.98. The number of hydrogen-bond donors (Lipinski definition) is 1. The Kier molecular flexibility index (Phi) is 5.56. The smallest absolute Gasteiger partial charge is 0.125 e. The van der Waals surface area contributed by atoms with Crippen LogP contribution < -0.4 is 5.73 Å². The van der Waals surface area contributed by atoms with Crippen LogP contribution in [0.4, 0.5) is 0 Å². The van der Waals surface area contributed by atoms with E-state index in [-0.39, 0.29) is 11.6 Å². The third-order valence-corrected chi connectivity index (χ3v) is 4.40. The van der Waals surface area contributed by atoms with Crippen molar-refractivity contribution in [3.63, 3.8) is 0 Å². The number of hydrogen-bond acceptors (Lipinski definition) is 4. The Morgan fingerprint density at radius 1 is 1.53 bits per heavy atom. The minimum atomic E-state index is -0.252. The predicted molar refractivity (Wildman–Crippen MR) is 73.4 cm³/mol. The van der Waals surface area contributed by atoms with Gasteiger partial charge in [-0.25, -0.2) is 4.98 Å². The van der Waals surface area contributed by atoms with Gasteiger partial charge in [0.15, 0.2) is 0 Å². The molecule has 1 aromatic heterocycles. The van der Waals surface area contributed by atoms with E-state index < -0.39 is 0 Å². The molecule has 0 aliphatic heterocycles. The molecule has 0 aliphatic rings. The number of nitrogens with two attached hydrogens (primary N) is 1. The number of rotatable bonds is 7. The molecular formula is C13H24N2OS. The van der Waals surface area contributed by atoms with Crippen molar-refractivity contribution < 1.29 is 4.74 Å². The van der Waals surface area contributed by atoms with Crippen LogP contribution in [0.15, 0.2) is 5.38 Å². The molecule has 0 fully saturated rings. The van der Waals surface area contributed by atoms with Gasteiger partial charge in [-0.05, 0) is 19.8 Å². The van der Waals surface area contributed by atoms with E-state index in [4.69, 9.17) is 10.5 Å². The van der Waals surface area contributed by atoms with E-state index in [1.54, 1.807) is 18.4 Å². The van der Waals surface area contributed by atoms with E-state index in [0.717, 1.165) is 36.4 Å². The molecule has 17 heavy (non-hydrogen) atoms. The summed E-state index contributed by atoms with van der Waals surface area (Å²) in [4.78, 5) is 4.66. The first-order valence-corrected chi connectivity index (χ1v) is 7.19. The Bertz CT molecular complexity index is 334. The first-order valence-electron chi connectivity index (χ1n) is 6.31. The largest absolute Gasteiger partial charge is 0.371 e. The van der Waals surface area contributed by atoms with Crippen LogP contribution in [0.2, 0.25) is 0 Å². The molecule has 1 heterocycles. The number of aromatic nitrogens is 1. The van der Waals surface area contributed by atoms with Gasteiger partial charge in [-0.2, -0.15) is 0 Å². The van der Waals surface area contributed by atoms with E-state index in [9.17, 15) is 0 Å². The van der Waals surface area contributed by atoms with Crippen LogP contribution in [-0.2, 0) is 16.8 Å². The van der Waals surface area contributed by atoms with E-state index >= 15 is 0 Å². The zero-order valence-electron chi connectivity index (χ0n) is 11.3. The maximum absolute atomic E-state index is 6.03. The maximum Gasteiger partial charge on any atom is 0.125 e. The van der Waals surface area contributed by atoms with Gasteiger partial charge in [-0.3, -0.25) is 0 Å². The van der Waals surface area contributed by atoms with Gasteiger partial charge in [0, 0.05) is 25.0 Å². The molecule has 0 aromatic carbocycles. The molecule has 0 amide bonds. The second-order valence-electron chi connectivity index (χ2n) is 4.69. The van der Waals surface area contributed by atoms with Gasteiger partial charge in [-0.1, -0.05) is 20.3 Å². The van der Waals surface area contributed by atoms with Crippen molar-refractivity contribution in [1.29, 1.82) is 0 Å². The van der Waals surface area contributed by atoms with Crippen LogP contribution in [0.5, 0.6) is 0 Å². The number of nitrogens with zero attached hydrogens (tertiary/aromatic N) is 1. The third kappa shape index (κ3) is 3.76. The van der Waals surface area contributed by atoms with Crippen molar-refractivity contribution in [2.45, 2.75) is 58.1 Å². The normalized spacial score (nSPS) is 16.8. The van der Waals surface area contributed by atoms with E-state index in [0.29, 0.717) is 0 Å². The van der Waals surface area contributed by atoms with Crippen LogP contribution in [-0.4, -0.2) is 18.1 Å². The van der Waals surface area contributed by atoms with Crippen LogP contribution in [0.25, 0.3) is 0 Å². The molecule has 0 aliphatic carbocycles. The van der Waals surface area contributed by atoms with Crippen molar-refractivity contribution in [2.75, 3.05) is 7.11 Å². The number of thiazole rings is 1. The Balaban J connectivity index is 2.71. The summed E-state index contributed by atoms with van der Waals surface area (Å²) in [7, 11) is 1.74. The summed E-state index contributed by atoms with van der Waals surface area (Å²) < 4.78 is 5.56. The quantitative estimate of drug-likeness (QED) is 0.815. The Labute approximate surface area is 108 Å². The first kappa shape index (κ1) is 14.6. The topological polar surface area (TPSA) is 48.1 Å². The SMILES string of the molecule is CCCC(N)Cc1csc(C(C)(CC)OC)n1. The second kappa shape index (κ2) is 6.47. The Hall–Kier alpha value is -0.450. The molecule has 0 spiro atoms. The standard InChI is InChI=1S/C13H24N2OS/c1-5-7-10(14)8-11-9-17-12(15-11)13(3,6-2)16-4/h9-10H,5-8,14H2,1-4H3. The van der Waals surface area contributed by atoms with Crippen LogP contribution >= 0.6 is 11.3 Å². The maximum atomic E-state index is 6.03. The van der Waals surface area contributed by atoms with Gasteiger partial charge in [0.05, 0.1) is 5.69 Å². The summed E-state index contributed by atoms with van der Waals surface area (Å²) >= 11 is 1.67. The molecule has 98 valence electrons. The number of methoxy groups -OCH3 is 1. The van der Waals surface area contributed by atoms with Crippen molar-refractivity contribution in [3.05, 3.63) is 16.1 Å². The highest BCUT2D eigenvalue weighted by molar-refractivity contribution is 7.09. The number of ether oxygens (including phenoxy) is 1. The molecule has 1 aromatic rings. The Morgan fingerprint density at radius 3 is 2.76 bits per heavy atom. The van der Waals surface area contributed by atoms with Crippen molar-refractivity contribution in [2.24, 2.45) is 5.73 Å². The second-order valence-corrected chi connectivity index (χ2v) is 5.54. The van der Waals surface area contributed by atoms with Gasteiger partial charge in [0.25, 0.3) is 0 Å². The molecule has 2 atom stereocenters. The lowest BCUT2D eigenvalue weighted by Gasteiger charge is -2.23. The molecule has 2 N–H and O–H groups in total. The highest BCUT2D eigenvalue weighted by Crippen LogP contribution is 2.30. The third-order valence-electron chi connectivity index (χ3n) is 3.26. The minimum Gasteiger partial charge on any atom is -0.371 e. The molecular weight excluding hydrogens is 232 g/mol. The summed E-state index contributed by atoms with van der Waals surface area (Å²) in [6, 6.07) is 0.227. The van der Waals surface area contributed by atoms with E-state index in [2.05, 4.69) is 31.1 Å². The fourth-order valence-corrected chi connectivity index (χ4v) is 2.81. The van der Waals surface area contributed by atoms with Gasteiger partial charge in [-0.15, -0.1) is 11.3 Å². The average Bonchev–Trinajstić information content (AvgIpc) is 2.77. The van der Waals surface area contributed by atoms with Gasteiger partial charge in [0.2, 0.25) is 0 Å². The van der Waals surface area contributed by atoms with Crippen molar-refractivity contribution >= 4 is 11.3 Å². The van der Waals surface area contributed by atoms with Gasteiger partial charge >= 0.3 is 0 Å². The lowest BCUT2D eigenvalue weighted by Crippen LogP contribution is -2.24. The lowest BCUT2D eigenvalue weighted by molar-refractivity contribution is -0.00167. The van der Waals surface area contributed by atoms with E-state index in [1.165, 1.54) is 0 Å². The molecule has 0 radical (unpaired) electrons. The zero-order valence-corrected chi connectivity index (χ0v) is 12.1. The minimum absolute atomic E-state index is 0.227. The fraction of sp³-hybridized carbons (Fsp3) is 0.769.